The first-order valence-corrected chi connectivity index (χ1v) is 11.6. The van der Waals surface area contributed by atoms with Crippen molar-refractivity contribution in [1.82, 2.24) is 4.98 Å². The van der Waals surface area contributed by atoms with E-state index in [2.05, 4.69) is 4.98 Å². The van der Waals surface area contributed by atoms with Crippen LogP contribution in [0.5, 0.6) is 0 Å². The Morgan fingerprint density at radius 1 is 0.971 bits per heavy atom. The Balaban J connectivity index is 1.76. The molecule has 0 spiro atoms. The molecule has 5 rings (SSSR count). The Morgan fingerprint density at radius 2 is 1.68 bits per heavy atom. The number of amides is 1. The standard InChI is InChI=1S/C27H21FN2O3S/c1-14-5-8-17(9-6-14)23-22(24(31)19-12-15(2)4-7-16(19)3)25(32)26(33)30(23)27-29-20-11-10-18(28)13-21(20)34-27/h4-13,23,31H,1-3H3. The summed E-state index contributed by atoms with van der Waals surface area (Å²) >= 11 is 1.13. The average molecular weight is 473 g/mol. The maximum absolute atomic E-state index is 13.8. The number of Topliss-reactive ketones (excluding diaryl/α,β-unsaturated/α-hetero) is 1. The van der Waals surface area contributed by atoms with Crippen molar-refractivity contribution in [3.05, 3.63) is 99.9 Å². The maximum Gasteiger partial charge on any atom is 0.301 e. The maximum atomic E-state index is 13.8. The second-order valence-corrected chi connectivity index (χ2v) is 9.52. The van der Waals surface area contributed by atoms with Crippen LogP contribution in [-0.4, -0.2) is 21.8 Å². The molecule has 1 atom stereocenters. The first kappa shape index (κ1) is 22.0. The molecule has 0 aliphatic carbocycles. The van der Waals surface area contributed by atoms with Gasteiger partial charge in [0.25, 0.3) is 5.78 Å². The van der Waals surface area contributed by atoms with Crippen molar-refractivity contribution in [3.8, 4) is 0 Å². The van der Waals surface area contributed by atoms with Crippen LogP contribution >= 0.6 is 11.3 Å². The zero-order chi connectivity index (χ0) is 24.1. The minimum atomic E-state index is -0.870. The number of carbonyl (C=O) groups is 2. The number of thiazole rings is 1. The lowest BCUT2D eigenvalue weighted by molar-refractivity contribution is -0.132. The lowest BCUT2D eigenvalue weighted by Crippen LogP contribution is -2.29. The van der Waals surface area contributed by atoms with E-state index in [1.54, 1.807) is 6.07 Å². The number of aryl methyl sites for hydroxylation is 3. The van der Waals surface area contributed by atoms with Crippen LogP contribution in [0.15, 0.2) is 66.2 Å². The van der Waals surface area contributed by atoms with Crippen LogP contribution in [0.2, 0.25) is 0 Å². The minimum Gasteiger partial charge on any atom is -0.507 e. The predicted molar refractivity (Wildman–Crippen MR) is 131 cm³/mol. The summed E-state index contributed by atoms with van der Waals surface area (Å²) in [6.07, 6.45) is 0. The van der Waals surface area contributed by atoms with E-state index in [0.717, 1.165) is 28.0 Å². The molecule has 1 aliphatic rings. The van der Waals surface area contributed by atoms with Gasteiger partial charge >= 0.3 is 5.91 Å². The molecule has 0 bridgehead atoms. The SMILES string of the molecule is Cc1ccc(C2C(=C(O)c3cc(C)ccc3C)C(=O)C(=O)N2c2nc3ccc(F)cc3s2)cc1. The van der Waals surface area contributed by atoms with Gasteiger partial charge in [0.05, 0.1) is 21.8 Å². The van der Waals surface area contributed by atoms with Crippen molar-refractivity contribution in [2.24, 2.45) is 0 Å². The number of benzene rings is 3. The van der Waals surface area contributed by atoms with Crippen molar-refractivity contribution in [2.75, 3.05) is 4.90 Å². The van der Waals surface area contributed by atoms with E-state index in [4.69, 9.17) is 0 Å². The lowest BCUT2D eigenvalue weighted by Gasteiger charge is -2.23. The molecule has 3 aromatic carbocycles. The first-order chi connectivity index (χ1) is 16.2. The Kier molecular flexibility index (Phi) is 5.29. The van der Waals surface area contributed by atoms with Crippen molar-refractivity contribution < 1.29 is 19.1 Å². The number of aliphatic hydroxyl groups excluding tert-OH is 1. The molecule has 0 saturated carbocycles. The van der Waals surface area contributed by atoms with Gasteiger partial charge in [0.2, 0.25) is 0 Å². The molecule has 1 aliphatic heterocycles. The van der Waals surface area contributed by atoms with Crippen molar-refractivity contribution >= 4 is 44.1 Å². The summed E-state index contributed by atoms with van der Waals surface area (Å²) in [6.45, 7) is 5.68. The van der Waals surface area contributed by atoms with E-state index < -0.39 is 23.5 Å². The highest BCUT2D eigenvalue weighted by molar-refractivity contribution is 7.22. The molecule has 1 aromatic heterocycles. The summed E-state index contributed by atoms with van der Waals surface area (Å²) < 4.78 is 14.3. The molecule has 4 aromatic rings. The number of fused-ring (bicyclic) bond motifs is 1. The van der Waals surface area contributed by atoms with Gasteiger partial charge in [0, 0.05) is 5.56 Å². The summed E-state index contributed by atoms with van der Waals surface area (Å²) in [5, 5.41) is 11.6. The van der Waals surface area contributed by atoms with Gasteiger partial charge in [-0.3, -0.25) is 14.5 Å². The summed E-state index contributed by atoms with van der Waals surface area (Å²) in [4.78, 5) is 32.5. The van der Waals surface area contributed by atoms with Gasteiger partial charge in [-0.15, -0.1) is 0 Å². The smallest absolute Gasteiger partial charge is 0.301 e. The number of hydrogen-bond acceptors (Lipinski definition) is 5. The van der Waals surface area contributed by atoms with Crippen LogP contribution < -0.4 is 4.90 Å². The van der Waals surface area contributed by atoms with Gasteiger partial charge in [-0.25, -0.2) is 9.37 Å². The normalized spacial score (nSPS) is 17.6. The van der Waals surface area contributed by atoms with E-state index in [1.165, 1.54) is 23.1 Å². The fourth-order valence-electron chi connectivity index (χ4n) is 4.22. The van der Waals surface area contributed by atoms with Gasteiger partial charge in [-0.2, -0.15) is 0 Å². The molecule has 5 nitrogen and oxygen atoms in total. The number of halogens is 1. The molecule has 2 heterocycles. The summed E-state index contributed by atoms with van der Waals surface area (Å²) in [5.41, 5.74) is 4.43. The summed E-state index contributed by atoms with van der Waals surface area (Å²) in [5.74, 6) is -2.19. The van der Waals surface area contributed by atoms with E-state index in [-0.39, 0.29) is 16.5 Å². The number of aromatic nitrogens is 1. The fraction of sp³-hybridized carbons (Fsp3) is 0.148. The van der Waals surface area contributed by atoms with E-state index >= 15 is 0 Å². The number of aliphatic hydroxyl groups is 1. The van der Waals surface area contributed by atoms with E-state index in [1.807, 2.05) is 57.2 Å². The summed E-state index contributed by atoms with van der Waals surface area (Å²) in [7, 11) is 0. The minimum absolute atomic E-state index is 0.00740. The zero-order valence-corrected chi connectivity index (χ0v) is 19.6. The van der Waals surface area contributed by atoms with Crippen LogP contribution in [0.4, 0.5) is 9.52 Å². The molecule has 34 heavy (non-hydrogen) atoms. The molecule has 7 heteroatoms. The van der Waals surface area contributed by atoms with Crippen LogP contribution in [-0.2, 0) is 9.59 Å². The second-order valence-electron chi connectivity index (χ2n) is 8.51. The van der Waals surface area contributed by atoms with E-state index in [9.17, 15) is 19.1 Å². The van der Waals surface area contributed by atoms with Crippen molar-refractivity contribution in [2.45, 2.75) is 26.8 Å². The van der Waals surface area contributed by atoms with Gasteiger partial charge in [0.15, 0.2) is 5.13 Å². The molecule has 1 fully saturated rings. The largest absolute Gasteiger partial charge is 0.507 e. The highest BCUT2D eigenvalue weighted by Gasteiger charge is 2.48. The second kappa shape index (κ2) is 8.18. The van der Waals surface area contributed by atoms with Gasteiger partial charge < -0.3 is 5.11 Å². The fourth-order valence-corrected chi connectivity index (χ4v) is 5.24. The third-order valence-electron chi connectivity index (χ3n) is 6.03. The van der Waals surface area contributed by atoms with Gasteiger partial charge in [0.1, 0.15) is 11.6 Å². The third kappa shape index (κ3) is 3.58. The van der Waals surface area contributed by atoms with Crippen molar-refractivity contribution in [1.29, 1.82) is 0 Å². The number of rotatable bonds is 3. The quantitative estimate of drug-likeness (QED) is 0.226. The van der Waals surface area contributed by atoms with Gasteiger partial charge in [-0.1, -0.05) is 58.9 Å². The average Bonchev–Trinajstić information content (AvgIpc) is 3.33. The Labute approximate surface area is 199 Å². The monoisotopic (exact) mass is 472 g/mol. The Bertz CT molecular complexity index is 1500. The Hall–Kier alpha value is -3.84. The highest BCUT2D eigenvalue weighted by atomic mass is 32.1. The van der Waals surface area contributed by atoms with Crippen LogP contribution in [0.25, 0.3) is 16.0 Å². The predicted octanol–water partition coefficient (Wildman–Crippen LogP) is 5.99. The summed E-state index contributed by atoms with van der Waals surface area (Å²) in [6, 6.07) is 16.4. The molecule has 1 amide bonds. The number of anilines is 1. The number of ketones is 1. The topological polar surface area (TPSA) is 70.5 Å². The van der Waals surface area contributed by atoms with Crippen LogP contribution in [0.1, 0.15) is 33.9 Å². The number of hydrogen-bond donors (Lipinski definition) is 1. The molecule has 1 unspecified atom stereocenters. The van der Waals surface area contributed by atoms with Crippen molar-refractivity contribution in [3.63, 3.8) is 0 Å². The molecule has 1 saturated heterocycles. The molecule has 0 radical (unpaired) electrons. The molecular formula is C27H21FN2O3S. The van der Waals surface area contributed by atoms with Gasteiger partial charge in [-0.05, 0) is 56.2 Å². The number of nitrogens with zero attached hydrogens (tertiary/aromatic N) is 2. The zero-order valence-electron chi connectivity index (χ0n) is 18.8. The first-order valence-electron chi connectivity index (χ1n) is 10.8. The molecule has 1 N–H and O–H groups in total. The Morgan fingerprint density at radius 3 is 2.41 bits per heavy atom. The molecule has 170 valence electrons. The van der Waals surface area contributed by atoms with Crippen LogP contribution in [0.3, 0.4) is 0 Å². The molecular weight excluding hydrogens is 451 g/mol. The number of carbonyl (C=O) groups excluding carboxylic acids is 2. The highest BCUT2D eigenvalue weighted by Crippen LogP contribution is 2.44. The third-order valence-corrected chi connectivity index (χ3v) is 7.05. The van der Waals surface area contributed by atoms with Crippen LogP contribution in [0, 0.1) is 26.6 Å². The van der Waals surface area contributed by atoms with E-state index in [0.29, 0.717) is 21.3 Å². The lowest BCUT2D eigenvalue weighted by atomic mass is 9.93.